The average molecular weight is 173 g/mol. The summed E-state index contributed by atoms with van der Waals surface area (Å²) in [7, 11) is 0. The lowest BCUT2D eigenvalue weighted by molar-refractivity contribution is -0.136. The zero-order valence-electron chi connectivity index (χ0n) is 7.29. The molecule has 1 aromatic rings. The smallest absolute Gasteiger partial charge is 0.226 e. The van der Waals surface area contributed by atoms with E-state index in [0.29, 0.717) is 6.04 Å². The van der Waals surface area contributed by atoms with Crippen LogP contribution in [0.1, 0.15) is 23.6 Å². The van der Waals surface area contributed by atoms with Gasteiger partial charge in [-0.2, -0.15) is 0 Å². The van der Waals surface area contributed by atoms with Gasteiger partial charge in [0.25, 0.3) is 0 Å². The minimum Gasteiger partial charge on any atom is -0.348 e. The molecule has 1 N–H and O–H groups in total. The summed E-state index contributed by atoms with van der Waals surface area (Å²) in [6, 6.07) is 8.73. The van der Waals surface area contributed by atoms with Crippen LogP contribution in [0.4, 0.5) is 0 Å². The van der Waals surface area contributed by atoms with Crippen LogP contribution in [-0.2, 0) is 11.2 Å². The number of hydrogen-bond donors (Lipinski definition) is 1. The zero-order valence-corrected chi connectivity index (χ0v) is 7.29. The van der Waals surface area contributed by atoms with Crippen LogP contribution >= 0.6 is 0 Å². The highest BCUT2D eigenvalue weighted by Crippen LogP contribution is 2.39. The van der Waals surface area contributed by atoms with Crippen molar-refractivity contribution in [2.75, 3.05) is 0 Å². The van der Waals surface area contributed by atoms with E-state index in [0.717, 1.165) is 12.8 Å². The molecule has 1 heterocycles. The number of fused-ring (bicyclic) bond motifs is 3. The number of benzene rings is 1. The summed E-state index contributed by atoms with van der Waals surface area (Å²) in [6.07, 6.45) is 2.08. The van der Waals surface area contributed by atoms with E-state index in [1.165, 1.54) is 11.1 Å². The third-order valence-corrected chi connectivity index (χ3v) is 3.15. The molecule has 2 heteroatoms. The monoisotopic (exact) mass is 173 g/mol. The second kappa shape index (κ2) is 2.34. The average Bonchev–Trinajstić information content (AvgIpc) is 2.16. The number of hydrogen-bond acceptors (Lipinski definition) is 1. The van der Waals surface area contributed by atoms with E-state index in [-0.39, 0.29) is 11.8 Å². The molecule has 1 fully saturated rings. The molecule has 1 aromatic carbocycles. The Morgan fingerprint density at radius 1 is 1.31 bits per heavy atom. The van der Waals surface area contributed by atoms with Crippen LogP contribution in [-0.4, -0.2) is 5.91 Å². The van der Waals surface area contributed by atoms with Gasteiger partial charge in [0, 0.05) is 0 Å². The summed E-state index contributed by atoms with van der Waals surface area (Å²) in [5.41, 5.74) is 2.74. The van der Waals surface area contributed by atoms with Crippen LogP contribution in [0.15, 0.2) is 24.3 Å². The molecule has 0 saturated carbocycles. The van der Waals surface area contributed by atoms with Crippen LogP contribution in [0.5, 0.6) is 0 Å². The first-order valence-corrected chi connectivity index (χ1v) is 4.74. The van der Waals surface area contributed by atoms with Gasteiger partial charge in [0.15, 0.2) is 0 Å². The van der Waals surface area contributed by atoms with Gasteiger partial charge in [0.1, 0.15) is 0 Å². The minimum atomic E-state index is 0.236. The van der Waals surface area contributed by atoms with Crippen LogP contribution in [0.3, 0.4) is 0 Å². The maximum absolute atomic E-state index is 11.2. The van der Waals surface area contributed by atoms with Gasteiger partial charge in [-0.3, -0.25) is 4.79 Å². The Kier molecular flexibility index (Phi) is 1.29. The van der Waals surface area contributed by atoms with Crippen molar-refractivity contribution in [3.63, 3.8) is 0 Å². The Balaban J connectivity index is 2.05. The normalized spacial score (nSPS) is 29.7. The van der Waals surface area contributed by atoms with E-state index in [9.17, 15) is 4.79 Å². The second-order valence-electron chi connectivity index (χ2n) is 3.83. The van der Waals surface area contributed by atoms with E-state index in [1.807, 2.05) is 6.07 Å². The molecule has 0 unspecified atom stereocenters. The first kappa shape index (κ1) is 7.13. The molecule has 0 aromatic heterocycles. The predicted octanol–water partition coefficient (Wildman–Crippen LogP) is 1.42. The summed E-state index contributed by atoms with van der Waals surface area (Å²) in [5, 5.41) is 2.96. The fourth-order valence-corrected chi connectivity index (χ4v) is 2.38. The van der Waals surface area contributed by atoms with Crippen molar-refractivity contribution < 1.29 is 4.79 Å². The summed E-state index contributed by atoms with van der Waals surface area (Å²) in [4.78, 5) is 11.2. The maximum Gasteiger partial charge on any atom is 0.226 e. The van der Waals surface area contributed by atoms with Crippen LogP contribution < -0.4 is 5.32 Å². The van der Waals surface area contributed by atoms with E-state index >= 15 is 0 Å². The molecule has 2 aliphatic rings. The number of aryl methyl sites for hydroxylation is 1. The van der Waals surface area contributed by atoms with Gasteiger partial charge in [0.2, 0.25) is 5.91 Å². The lowest BCUT2D eigenvalue weighted by atomic mass is 9.74. The Hall–Kier alpha value is -1.31. The molecule has 3 rings (SSSR count). The summed E-state index contributed by atoms with van der Waals surface area (Å²) >= 11 is 0. The van der Waals surface area contributed by atoms with Gasteiger partial charge in [0.05, 0.1) is 12.0 Å². The van der Waals surface area contributed by atoms with E-state index in [1.54, 1.807) is 0 Å². The number of nitrogens with one attached hydrogen (secondary N) is 1. The van der Waals surface area contributed by atoms with E-state index < -0.39 is 0 Å². The van der Waals surface area contributed by atoms with E-state index in [2.05, 4.69) is 23.5 Å². The molecule has 0 radical (unpaired) electrons. The van der Waals surface area contributed by atoms with Crippen molar-refractivity contribution >= 4 is 5.91 Å². The van der Waals surface area contributed by atoms with Crippen LogP contribution in [0, 0.1) is 5.92 Å². The summed E-state index contributed by atoms with van der Waals surface area (Å²) < 4.78 is 0. The Bertz CT molecular complexity index is 372. The van der Waals surface area contributed by atoms with Crippen molar-refractivity contribution in [3.05, 3.63) is 35.4 Å². The molecule has 13 heavy (non-hydrogen) atoms. The van der Waals surface area contributed by atoms with Gasteiger partial charge in [-0.05, 0) is 24.0 Å². The van der Waals surface area contributed by atoms with Gasteiger partial charge >= 0.3 is 0 Å². The van der Waals surface area contributed by atoms with Gasteiger partial charge in [-0.15, -0.1) is 0 Å². The number of amides is 1. The predicted molar refractivity (Wildman–Crippen MR) is 49.1 cm³/mol. The molecular formula is C11H11NO. The SMILES string of the molecule is O=C1N[C@H]2c3ccccc3CC[C@@H]12. The Morgan fingerprint density at radius 3 is 3.00 bits per heavy atom. The largest absolute Gasteiger partial charge is 0.348 e. The second-order valence-corrected chi connectivity index (χ2v) is 3.83. The Morgan fingerprint density at radius 2 is 2.15 bits per heavy atom. The lowest BCUT2D eigenvalue weighted by Crippen LogP contribution is -2.53. The Labute approximate surface area is 77.0 Å². The van der Waals surface area contributed by atoms with E-state index in [4.69, 9.17) is 0 Å². The molecule has 2 atom stereocenters. The molecular weight excluding hydrogens is 162 g/mol. The summed E-state index contributed by atoms with van der Waals surface area (Å²) in [5.74, 6) is 0.495. The maximum atomic E-state index is 11.2. The van der Waals surface area contributed by atoms with Crippen molar-refractivity contribution in [3.8, 4) is 0 Å². The van der Waals surface area contributed by atoms with Crippen molar-refractivity contribution in [1.29, 1.82) is 0 Å². The highest BCUT2D eigenvalue weighted by atomic mass is 16.2. The molecule has 1 aliphatic carbocycles. The van der Waals surface area contributed by atoms with Crippen molar-refractivity contribution in [2.24, 2.45) is 5.92 Å². The standard InChI is InChI=1S/C11H11NO/c13-11-9-6-5-7-3-1-2-4-8(7)10(9)12-11/h1-4,9-10H,5-6H2,(H,12,13)/t9-,10+/m1/s1. The minimum absolute atomic E-state index is 0.236. The highest BCUT2D eigenvalue weighted by molar-refractivity contribution is 5.87. The summed E-state index contributed by atoms with van der Waals surface area (Å²) in [6.45, 7) is 0. The highest BCUT2D eigenvalue weighted by Gasteiger charge is 2.42. The van der Waals surface area contributed by atoms with Gasteiger partial charge in [-0.25, -0.2) is 0 Å². The molecule has 0 spiro atoms. The quantitative estimate of drug-likeness (QED) is 0.591. The fourth-order valence-electron chi connectivity index (χ4n) is 2.38. The third-order valence-electron chi connectivity index (χ3n) is 3.15. The fraction of sp³-hybridized carbons (Fsp3) is 0.364. The van der Waals surface area contributed by atoms with Crippen molar-refractivity contribution in [1.82, 2.24) is 5.32 Å². The number of carbonyl (C=O) groups is 1. The first-order chi connectivity index (χ1) is 6.36. The van der Waals surface area contributed by atoms with Crippen molar-refractivity contribution in [2.45, 2.75) is 18.9 Å². The van der Waals surface area contributed by atoms with Gasteiger partial charge in [-0.1, -0.05) is 24.3 Å². The topological polar surface area (TPSA) is 29.1 Å². The molecule has 1 saturated heterocycles. The number of rotatable bonds is 0. The first-order valence-electron chi connectivity index (χ1n) is 4.74. The number of β-lactam (4-membered cyclic amide) rings is 1. The molecule has 66 valence electrons. The van der Waals surface area contributed by atoms with Gasteiger partial charge < -0.3 is 5.32 Å². The molecule has 1 amide bonds. The number of carbonyl (C=O) groups excluding carboxylic acids is 1. The third kappa shape index (κ3) is 0.857. The zero-order chi connectivity index (χ0) is 8.84. The van der Waals surface area contributed by atoms with Crippen LogP contribution in [0.2, 0.25) is 0 Å². The molecule has 0 bridgehead atoms. The lowest BCUT2D eigenvalue weighted by Gasteiger charge is -2.41. The molecule has 2 nitrogen and oxygen atoms in total. The van der Waals surface area contributed by atoms with Crippen LogP contribution in [0.25, 0.3) is 0 Å². The molecule has 1 aliphatic heterocycles.